The first-order valence-corrected chi connectivity index (χ1v) is 15.2. The molecular formula is C30H35Cl2N3O5S. The van der Waals surface area contributed by atoms with Gasteiger partial charge in [0.15, 0.2) is 0 Å². The highest BCUT2D eigenvalue weighted by Gasteiger charge is 2.34. The minimum absolute atomic E-state index is 0.0473. The second-order valence-corrected chi connectivity index (χ2v) is 13.2. The molecule has 220 valence electrons. The van der Waals surface area contributed by atoms with E-state index in [4.69, 9.17) is 27.9 Å². The predicted molar refractivity (Wildman–Crippen MR) is 163 cm³/mol. The van der Waals surface area contributed by atoms with Gasteiger partial charge in [0.2, 0.25) is 11.8 Å². The Bertz CT molecular complexity index is 1460. The average molecular weight is 621 g/mol. The molecule has 0 aliphatic carbocycles. The highest BCUT2D eigenvalue weighted by Crippen LogP contribution is 2.28. The molecule has 0 aliphatic heterocycles. The lowest BCUT2D eigenvalue weighted by Gasteiger charge is -2.34. The number of nitrogens with one attached hydrogen (secondary N) is 1. The number of benzene rings is 3. The van der Waals surface area contributed by atoms with Gasteiger partial charge < -0.3 is 15.0 Å². The Balaban J connectivity index is 2.07. The van der Waals surface area contributed by atoms with Gasteiger partial charge in [-0.3, -0.25) is 13.9 Å². The maximum Gasteiger partial charge on any atom is 0.264 e. The number of carbonyl (C=O) groups excluding carboxylic acids is 2. The van der Waals surface area contributed by atoms with Crippen molar-refractivity contribution in [2.75, 3.05) is 18.0 Å². The van der Waals surface area contributed by atoms with Crippen LogP contribution in [0.15, 0.2) is 77.7 Å². The van der Waals surface area contributed by atoms with Crippen molar-refractivity contribution >= 4 is 50.7 Å². The molecule has 2 amide bonds. The molecule has 0 heterocycles. The van der Waals surface area contributed by atoms with Crippen molar-refractivity contribution in [3.8, 4) is 5.75 Å². The Labute approximate surface area is 252 Å². The van der Waals surface area contributed by atoms with Crippen molar-refractivity contribution in [1.29, 1.82) is 0 Å². The SMILES string of the molecule is CC[C@@H](C(=O)NC(C)(C)C)N(Cc1ccc(OC)cc1)C(=O)CN(c1cccc(Cl)c1)S(=O)(=O)c1ccc(Cl)cc1. The smallest absolute Gasteiger partial charge is 0.264 e. The van der Waals surface area contributed by atoms with Crippen LogP contribution < -0.4 is 14.4 Å². The molecule has 0 unspecified atom stereocenters. The van der Waals surface area contributed by atoms with Gasteiger partial charge in [0.05, 0.1) is 17.7 Å². The van der Waals surface area contributed by atoms with Crippen LogP contribution in [-0.2, 0) is 26.2 Å². The maximum absolute atomic E-state index is 14.1. The minimum Gasteiger partial charge on any atom is -0.497 e. The third kappa shape index (κ3) is 8.61. The summed E-state index contributed by atoms with van der Waals surface area (Å²) in [4.78, 5) is 28.9. The number of hydrogen-bond donors (Lipinski definition) is 1. The van der Waals surface area contributed by atoms with E-state index in [-0.39, 0.29) is 23.0 Å². The van der Waals surface area contributed by atoms with Crippen LogP contribution in [0.25, 0.3) is 0 Å². The van der Waals surface area contributed by atoms with E-state index in [1.54, 1.807) is 56.5 Å². The van der Waals surface area contributed by atoms with Gasteiger partial charge in [0.25, 0.3) is 10.0 Å². The summed E-state index contributed by atoms with van der Waals surface area (Å²) < 4.78 is 34.0. The lowest BCUT2D eigenvalue weighted by molar-refractivity contribution is -0.141. The number of carbonyl (C=O) groups is 2. The number of sulfonamides is 1. The molecule has 41 heavy (non-hydrogen) atoms. The molecule has 0 bridgehead atoms. The summed E-state index contributed by atoms with van der Waals surface area (Å²) in [6.07, 6.45) is 0.310. The first-order chi connectivity index (χ1) is 19.2. The molecule has 3 aromatic rings. The maximum atomic E-state index is 14.1. The number of amides is 2. The summed E-state index contributed by atoms with van der Waals surface area (Å²) in [7, 11) is -2.67. The van der Waals surface area contributed by atoms with Gasteiger partial charge in [-0.2, -0.15) is 0 Å². The highest BCUT2D eigenvalue weighted by atomic mass is 35.5. The van der Waals surface area contributed by atoms with Gasteiger partial charge in [-0.25, -0.2) is 8.42 Å². The molecule has 1 atom stereocenters. The molecule has 0 aliphatic rings. The fourth-order valence-electron chi connectivity index (χ4n) is 4.19. The second kappa shape index (κ2) is 13.6. The molecule has 0 saturated carbocycles. The lowest BCUT2D eigenvalue weighted by Crippen LogP contribution is -2.55. The van der Waals surface area contributed by atoms with Crippen LogP contribution in [0.4, 0.5) is 5.69 Å². The van der Waals surface area contributed by atoms with E-state index in [1.165, 1.54) is 35.2 Å². The molecule has 0 fully saturated rings. The molecule has 8 nitrogen and oxygen atoms in total. The molecule has 0 radical (unpaired) electrons. The number of ether oxygens (including phenoxy) is 1. The number of nitrogens with zero attached hydrogens (tertiary/aromatic N) is 2. The largest absolute Gasteiger partial charge is 0.497 e. The number of methoxy groups -OCH3 is 1. The van der Waals surface area contributed by atoms with Crippen molar-refractivity contribution in [3.63, 3.8) is 0 Å². The van der Waals surface area contributed by atoms with Crippen molar-refractivity contribution in [2.45, 2.75) is 57.1 Å². The van der Waals surface area contributed by atoms with Crippen LogP contribution >= 0.6 is 23.2 Å². The predicted octanol–water partition coefficient (Wildman–Crippen LogP) is 5.92. The van der Waals surface area contributed by atoms with E-state index in [1.807, 2.05) is 20.8 Å². The van der Waals surface area contributed by atoms with Gasteiger partial charge in [-0.05, 0) is 87.4 Å². The molecule has 0 saturated heterocycles. The van der Waals surface area contributed by atoms with Crippen LogP contribution in [0.2, 0.25) is 10.0 Å². The summed E-state index contributed by atoms with van der Waals surface area (Å²) >= 11 is 12.2. The fourth-order valence-corrected chi connectivity index (χ4v) is 5.91. The summed E-state index contributed by atoms with van der Waals surface area (Å²) in [5.41, 5.74) is 0.415. The summed E-state index contributed by atoms with van der Waals surface area (Å²) in [5.74, 6) is -0.253. The van der Waals surface area contributed by atoms with E-state index >= 15 is 0 Å². The van der Waals surface area contributed by atoms with Crippen LogP contribution in [-0.4, -0.2) is 50.4 Å². The van der Waals surface area contributed by atoms with Gasteiger partial charge in [-0.1, -0.05) is 48.3 Å². The van der Waals surface area contributed by atoms with Crippen LogP contribution in [0.3, 0.4) is 0 Å². The summed E-state index contributed by atoms with van der Waals surface area (Å²) in [6, 6.07) is 18.2. The Morgan fingerprint density at radius 2 is 1.59 bits per heavy atom. The number of rotatable bonds is 11. The topological polar surface area (TPSA) is 96.0 Å². The zero-order valence-corrected chi connectivity index (χ0v) is 26.1. The van der Waals surface area contributed by atoms with E-state index in [0.717, 1.165) is 9.87 Å². The third-order valence-electron chi connectivity index (χ3n) is 6.17. The van der Waals surface area contributed by atoms with E-state index < -0.39 is 34.1 Å². The molecule has 3 rings (SSSR count). The summed E-state index contributed by atoms with van der Waals surface area (Å²) in [5, 5.41) is 3.62. The lowest BCUT2D eigenvalue weighted by atomic mass is 10.1. The Morgan fingerprint density at radius 3 is 2.12 bits per heavy atom. The van der Waals surface area contributed by atoms with E-state index in [9.17, 15) is 18.0 Å². The monoisotopic (exact) mass is 619 g/mol. The van der Waals surface area contributed by atoms with E-state index in [0.29, 0.717) is 22.2 Å². The second-order valence-electron chi connectivity index (χ2n) is 10.5. The van der Waals surface area contributed by atoms with Gasteiger partial charge in [0, 0.05) is 22.1 Å². The number of hydrogen-bond acceptors (Lipinski definition) is 5. The molecule has 1 N–H and O–H groups in total. The zero-order valence-electron chi connectivity index (χ0n) is 23.7. The molecule has 0 aromatic heterocycles. The first kappa shape index (κ1) is 32.2. The van der Waals surface area contributed by atoms with Crippen molar-refractivity contribution in [1.82, 2.24) is 10.2 Å². The van der Waals surface area contributed by atoms with E-state index in [2.05, 4.69) is 5.32 Å². The average Bonchev–Trinajstić information content (AvgIpc) is 2.91. The first-order valence-electron chi connectivity index (χ1n) is 13.0. The quantitative estimate of drug-likeness (QED) is 0.287. The van der Waals surface area contributed by atoms with Gasteiger partial charge in [0.1, 0.15) is 18.3 Å². The molecular weight excluding hydrogens is 585 g/mol. The van der Waals surface area contributed by atoms with Gasteiger partial charge in [-0.15, -0.1) is 0 Å². The third-order valence-corrected chi connectivity index (χ3v) is 8.45. The zero-order chi connectivity index (χ0) is 30.4. The minimum atomic E-state index is -4.23. The Hall–Kier alpha value is -3.27. The molecule has 11 heteroatoms. The standard InChI is InChI=1S/C30H35Cl2N3O5S/c1-6-27(29(37)33-30(2,3)4)34(19-21-10-14-25(40-5)15-11-21)28(36)20-35(24-9-7-8-23(32)18-24)41(38,39)26-16-12-22(31)13-17-26/h7-18,27H,6,19-20H2,1-5H3,(H,33,37)/t27-/m0/s1. The van der Waals surface area contributed by atoms with Crippen LogP contribution in [0, 0.1) is 0 Å². The van der Waals surface area contributed by atoms with Gasteiger partial charge >= 0.3 is 0 Å². The van der Waals surface area contributed by atoms with Crippen LogP contribution in [0.5, 0.6) is 5.75 Å². The summed E-state index contributed by atoms with van der Waals surface area (Å²) in [6.45, 7) is 6.87. The van der Waals surface area contributed by atoms with Crippen molar-refractivity contribution in [2.24, 2.45) is 0 Å². The number of halogens is 2. The number of anilines is 1. The normalized spacial score (nSPS) is 12.4. The van der Waals surface area contributed by atoms with Crippen LogP contribution in [0.1, 0.15) is 39.7 Å². The van der Waals surface area contributed by atoms with Crippen molar-refractivity contribution in [3.05, 3.63) is 88.4 Å². The molecule has 3 aromatic carbocycles. The molecule has 0 spiro atoms. The fraction of sp³-hybridized carbons (Fsp3) is 0.333. The Morgan fingerprint density at radius 1 is 0.951 bits per heavy atom. The highest BCUT2D eigenvalue weighted by molar-refractivity contribution is 7.92. The van der Waals surface area contributed by atoms with Crippen molar-refractivity contribution < 1.29 is 22.7 Å². The Kier molecular flexibility index (Phi) is 10.7.